The average molecular weight is 380 g/mol. The minimum absolute atomic E-state index is 0.0983. The average Bonchev–Trinajstić information content (AvgIpc) is 2.75. The van der Waals surface area contributed by atoms with Gasteiger partial charge in [-0.3, -0.25) is 9.59 Å². The Hall–Kier alpha value is -3.28. The summed E-state index contributed by atoms with van der Waals surface area (Å²) >= 11 is 0. The third-order valence-corrected chi connectivity index (χ3v) is 4.78. The molecule has 0 fully saturated rings. The molecule has 1 heterocycles. The number of methoxy groups -OCH3 is 2. The molecule has 6 heteroatoms. The van der Waals surface area contributed by atoms with Crippen LogP contribution in [0.4, 0.5) is 0 Å². The van der Waals surface area contributed by atoms with E-state index in [4.69, 9.17) is 9.47 Å². The first-order chi connectivity index (χ1) is 13.6. The highest BCUT2D eigenvalue weighted by Gasteiger charge is 2.24. The lowest BCUT2D eigenvalue weighted by atomic mass is 9.98. The second-order valence-electron chi connectivity index (χ2n) is 6.53. The maximum absolute atomic E-state index is 13.0. The first-order valence-electron chi connectivity index (χ1n) is 9.09. The summed E-state index contributed by atoms with van der Waals surface area (Å²) in [5.74, 6) is 1.02. The van der Waals surface area contributed by atoms with Crippen LogP contribution < -0.4 is 14.8 Å². The molecule has 1 aliphatic rings. The largest absolute Gasteiger partial charge is 0.493 e. The zero-order valence-electron chi connectivity index (χ0n) is 16.2. The number of carbonyl (C=O) groups excluding carboxylic acids is 2. The topological polar surface area (TPSA) is 67.9 Å². The van der Waals surface area contributed by atoms with E-state index in [1.807, 2.05) is 12.1 Å². The molecule has 0 bridgehead atoms. The van der Waals surface area contributed by atoms with Crippen molar-refractivity contribution >= 4 is 11.8 Å². The summed E-state index contributed by atoms with van der Waals surface area (Å²) < 4.78 is 10.7. The predicted octanol–water partition coefficient (Wildman–Crippen LogP) is 2.82. The lowest BCUT2D eigenvalue weighted by molar-refractivity contribution is 0.0734. The van der Waals surface area contributed by atoms with Gasteiger partial charge in [0.05, 0.1) is 14.2 Å². The van der Waals surface area contributed by atoms with Gasteiger partial charge in [-0.1, -0.05) is 12.1 Å². The van der Waals surface area contributed by atoms with E-state index in [2.05, 4.69) is 11.9 Å². The number of ether oxygens (including phenoxy) is 2. The van der Waals surface area contributed by atoms with Crippen LogP contribution >= 0.6 is 0 Å². The Morgan fingerprint density at radius 2 is 1.79 bits per heavy atom. The van der Waals surface area contributed by atoms with Crippen LogP contribution in [0.15, 0.2) is 49.1 Å². The number of rotatable bonds is 6. The SMILES string of the molecule is C=CCNC(=O)c1cccc(C(=O)N2CCc3cc(OC)c(OC)cc3C2)c1. The van der Waals surface area contributed by atoms with Crippen LogP contribution in [0.25, 0.3) is 0 Å². The number of amides is 2. The third kappa shape index (κ3) is 4.01. The third-order valence-electron chi connectivity index (χ3n) is 4.78. The lowest BCUT2D eigenvalue weighted by Gasteiger charge is -2.29. The Labute approximate surface area is 164 Å². The molecule has 0 aromatic heterocycles. The first kappa shape index (κ1) is 19.5. The minimum atomic E-state index is -0.227. The maximum atomic E-state index is 13.0. The predicted molar refractivity (Wildman–Crippen MR) is 107 cm³/mol. The Kier molecular flexibility index (Phi) is 5.99. The quantitative estimate of drug-likeness (QED) is 0.783. The van der Waals surface area contributed by atoms with Crippen LogP contribution in [0.1, 0.15) is 31.8 Å². The van der Waals surface area contributed by atoms with Gasteiger partial charge in [0.15, 0.2) is 11.5 Å². The van der Waals surface area contributed by atoms with Crippen molar-refractivity contribution in [1.82, 2.24) is 10.2 Å². The summed E-state index contributed by atoms with van der Waals surface area (Å²) in [6, 6.07) is 10.7. The van der Waals surface area contributed by atoms with Gasteiger partial charge < -0.3 is 19.7 Å². The van der Waals surface area contributed by atoms with Crippen LogP contribution in [0, 0.1) is 0 Å². The van der Waals surface area contributed by atoms with Crippen LogP contribution in [-0.4, -0.2) is 44.0 Å². The highest BCUT2D eigenvalue weighted by atomic mass is 16.5. The molecule has 0 aliphatic carbocycles. The van der Waals surface area contributed by atoms with Gasteiger partial charge in [0.1, 0.15) is 0 Å². The van der Waals surface area contributed by atoms with Crippen molar-refractivity contribution in [2.75, 3.05) is 27.3 Å². The molecule has 2 aromatic carbocycles. The fraction of sp³-hybridized carbons (Fsp3) is 0.273. The minimum Gasteiger partial charge on any atom is -0.493 e. The van der Waals surface area contributed by atoms with Crippen LogP contribution in [-0.2, 0) is 13.0 Å². The van der Waals surface area contributed by atoms with Crippen molar-refractivity contribution in [3.63, 3.8) is 0 Å². The summed E-state index contributed by atoms with van der Waals surface area (Å²) in [6.45, 7) is 5.06. The standard InChI is InChI=1S/C22H24N2O4/c1-4-9-23-21(25)16-6-5-7-17(11-16)22(26)24-10-8-15-12-19(27-2)20(28-3)13-18(15)14-24/h4-7,11-13H,1,8-10,14H2,2-3H3,(H,23,25). The molecule has 0 saturated carbocycles. The van der Waals surface area contributed by atoms with Gasteiger partial charge in [-0.15, -0.1) is 6.58 Å². The molecule has 2 aromatic rings. The molecule has 146 valence electrons. The van der Waals surface area contributed by atoms with Gasteiger partial charge in [-0.05, 0) is 47.9 Å². The Balaban J connectivity index is 1.79. The van der Waals surface area contributed by atoms with E-state index >= 15 is 0 Å². The second kappa shape index (κ2) is 8.61. The molecule has 0 radical (unpaired) electrons. The van der Waals surface area contributed by atoms with E-state index in [1.165, 1.54) is 0 Å². The van der Waals surface area contributed by atoms with Gasteiger partial charge in [0.25, 0.3) is 11.8 Å². The fourth-order valence-electron chi connectivity index (χ4n) is 3.30. The van der Waals surface area contributed by atoms with Crippen molar-refractivity contribution in [1.29, 1.82) is 0 Å². The monoisotopic (exact) mass is 380 g/mol. The van der Waals surface area contributed by atoms with E-state index in [-0.39, 0.29) is 11.8 Å². The lowest BCUT2D eigenvalue weighted by Crippen LogP contribution is -2.36. The molecular weight excluding hydrogens is 356 g/mol. The van der Waals surface area contributed by atoms with E-state index in [0.29, 0.717) is 42.3 Å². The molecule has 3 rings (SSSR count). The van der Waals surface area contributed by atoms with E-state index in [9.17, 15) is 9.59 Å². The summed E-state index contributed by atoms with van der Waals surface area (Å²) in [6.07, 6.45) is 2.35. The van der Waals surface area contributed by atoms with Crippen LogP contribution in [0.2, 0.25) is 0 Å². The van der Waals surface area contributed by atoms with Crippen LogP contribution in [0.3, 0.4) is 0 Å². The zero-order chi connectivity index (χ0) is 20.1. The maximum Gasteiger partial charge on any atom is 0.254 e. The smallest absolute Gasteiger partial charge is 0.254 e. The van der Waals surface area contributed by atoms with Crippen molar-refractivity contribution in [3.8, 4) is 11.5 Å². The summed E-state index contributed by atoms with van der Waals surface area (Å²) in [4.78, 5) is 26.9. The number of nitrogens with one attached hydrogen (secondary N) is 1. The van der Waals surface area contributed by atoms with E-state index in [0.717, 1.165) is 17.5 Å². The van der Waals surface area contributed by atoms with Crippen molar-refractivity contribution in [2.24, 2.45) is 0 Å². The Morgan fingerprint density at radius 1 is 1.11 bits per heavy atom. The van der Waals surface area contributed by atoms with E-state index in [1.54, 1.807) is 49.5 Å². The molecule has 1 aliphatic heterocycles. The van der Waals surface area contributed by atoms with Gasteiger partial charge >= 0.3 is 0 Å². The van der Waals surface area contributed by atoms with Gasteiger partial charge in [0.2, 0.25) is 0 Å². The molecule has 0 saturated heterocycles. The first-order valence-corrected chi connectivity index (χ1v) is 9.09. The number of nitrogens with zero attached hydrogens (tertiary/aromatic N) is 1. The Morgan fingerprint density at radius 3 is 2.46 bits per heavy atom. The van der Waals surface area contributed by atoms with Gasteiger partial charge in [-0.25, -0.2) is 0 Å². The number of benzene rings is 2. The van der Waals surface area contributed by atoms with Crippen molar-refractivity contribution in [2.45, 2.75) is 13.0 Å². The summed E-state index contributed by atoms with van der Waals surface area (Å²) in [5, 5.41) is 2.72. The number of hydrogen-bond acceptors (Lipinski definition) is 4. The van der Waals surface area contributed by atoms with Gasteiger partial charge in [0, 0.05) is 30.8 Å². The van der Waals surface area contributed by atoms with Crippen molar-refractivity contribution < 1.29 is 19.1 Å². The molecule has 0 unspecified atom stereocenters. The molecule has 6 nitrogen and oxygen atoms in total. The number of hydrogen-bond donors (Lipinski definition) is 1. The van der Waals surface area contributed by atoms with Gasteiger partial charge in [-0.2, -0.15) is 0 Å². The molecule has 28 heavy (non-hydrogen) atoms. The normalized spacial score (nSPS) is 12.7. The highest BCUT2D eigenvalue weighted by Crippen LogP contribution is 2.33. The molecule has 0 spiro atoms. The number of carbonyl (C=O) groups is 2. The molecule has 1 N–H and O–H groups in total. The van der Waals surface area contributed by atoms with Crippen LogP contribution in [0.5, 0.6) is 11.5 Å². The van der Waals surface area contributed by atoms with E-state index < -0.39 is 0 Å². The molecule has 0 atom stereocenters. The summed E-state index contributed by atoms with van der Waals surface area (Å²) in [5.41, 5.74) is 3.14. The highest BCUT2D eigenvalue weighted by molar-refractivity contribution is 5.99. The second-order valence-corrected chi connectivity index (χ2v) is 6.53. The summed E-state index contributed by atoms with van der Waals surface area (Å²) in [7, 11) is 3.21. The number of fused-ring (bicyclic) bond motifs is 1. The Bertz CT molecular complexity index is 907. The molecular formula is C22H24N2O4. The van der Waals surface area contributed by atoms with Crippen molar-refractivity contribution in [3.05, 3.63) is 71.3 Å². The molecule has 2 amide bonds. The fourth-order valence-corrected chi connectivity index (χ4v) is 3.30. The zero-order valence-corrected chi connectivity index (χ0v) is 16.2.